The summed E-state index contributed by atoms with van der Waals surface area (Å²) in [5, 5.41) is 6.22. The summed E-state index contributed by atoms with van der Waals surface area (Å²) in [5.41, 5.74) is 4.84. The molecule has 4 rings (SSSR count). The molecule has 1 aliphatic heterocycles. The Bertz CT molecular complexity index is 986. The number of hydrogen-bond acceptors (Lipinski definition) is 7. The standard InChI is InChI=1S/C19H18N6O/c1-20-18-5-6-22-19(25-18)24-14-3-4-17(26-2)15(8-14)16-7-12-9-21-10-13(12)11-23-16/h3-8,10-11H,9H2,1-2H3,(H2,20,22,24,25). The van der Waals surface area contributed by atoms with Gasteiger partial charge in [-0.15, -0.1) is 0 Å². The van der Waals surface area contributed by atoms with Crippen LogP contribution >= 0.6 is 0 Å². The smallest absolute Gasteiger partial charge is 0.229 e. The van der Waals surface area contributed by atoms with E-state index in [4.69, 9.17) is 4.74 Å². The van der Waals surface area contributed by atoms with Crippen LogP contribution < -0.4 is 15.4 Å². The van der Waals surface area contributed by atoms with Crippen molar-refractivity contribution in [3.8, 4) is 17.0 Å². The largest absolute Gasteiger partial charge is 0.496 e. The van der Waals surface area contributed by atoms with Gasteiger partial charge in [-0.25, -0.2) is 4.98 Å². The van der Waals surface area contributed by atoms with Crippen LogP contribution in [0, 0.1) is 0 Å². The van der Waals surface area contributed by atoms with E-state index in [0.717, 1.165) is 34.1 Å². The quantitative estimate of drug-likeness (QED) is 0.738. The molecule has 130 valence electrons. The minimum absolute atomic E-state index is 0.517. The van der Waals surface area contributed by atoms with Crippen molar-refractivity contribution >= 4 is 23.7 Å². The van der Waals surface area contributed by atoms with Crippen LogP contribution in [0.2, 0.25) is 0 Å². The highest BCUT2D eigenvalue weighted by Gasteiger charge is 2.13. The maximum absolute atomic E-state index is 5.52. The maximum atomic E-state index is 5.52. The van der Waals surface area contributed by atoms with Crippen molar-refractivity contribution in [1.29, 1.82) is 0 Å². The molecule has 0 radical (unpaired) electrons. The summed E-state index contributed by atoms with van der Waals surface area (Å²) in [7, 11) is 3.47. The maximum Gasteiger partial charge on any atom is 0.229 e. The third kappa shape index (κ3) is 3.06. The van der Waals surface area contributed by atoms with Crippen LogP contribution in [-0.2, 0) is 6.54 Å². The second-order valence-electron chi connectivity index (χ2n) is 5.79. The first-order chi connectivity index (χ1) is 12.8. The van der Waals surface area contributed by atoms with Gasteiger partial charge in [0.05, 0.1) is 19.3 Å². The molecular formula is C19H18N6O. The lowest BCUT2D eigenvalue weighted by Crippen LogP contribution is -2.01. The second kappa shape index (κ2) is 6.79. The Morgan fingerprint density at radius 1 is 1.12 bits per heavy atom. The fraction of sp³-hybridized carbons (Fsp3) is 0.158. The van der Waals surface area contributed by atoms with Crippen molar-refractivity contribution in [1.82, 2.24) is 15.0 Å². The lowest BCUT2D eigenvalue weighted by atomic mass is 10.1. The molecule has 3 aromatic rings. The lowest BCUT2D eigenvalue weighted by molar-refractivity contribution is 0.416. The third-order valence-electron chi connectivity index (χ3n) is 4.16. The summed E-state index contributed by atoms with van der Waals surface area (Å²) >= 11 is 0. The van der Waals surface area contributed by atoms with E-state index in [0.29, 0.717) is 12.5 Å². The number of anilines is 3. The van der Waals surface area contributed by atoms with Gasteiger partial charge in [-0.3, -0.25) is 9.98 Å². The van der Waals surface area contributed by atoms with Crippen LogP contribution in [0.3, 0.4) is 0 Å². The summed E-state index contributed by atoms with van der Waals surface area (Å²) in [6.07, 6.45) is 5.40. The van der Waals surface area contributed by atoms with Crippen LogP contribution in [0.1, 0.15) is 11.1 Å². The van der Waals surface area contributed by atoms with Gasteiger partial charge in [-0.1, -0.05) is 0 Å². The first-order valence-electron chi connectivity index (χ1n) is 8.22. The minimum atomic E-state index is 0.517. The normalized spacial score (nSPS) is 11.9. The summed E-state index contributed by atoms with van der Waals surface area (Å²) < 4.78 is 5.52. The van der Waals surface area contributed by atoms with Gasteiger partial charge in [0.1, 0.15) is 11.6 Å². The van der Waals surface area contributed by atoms with Gasteiger partial charge >= 0.3 is 0 Å². The van der Waals surface area contributed by atoms with Gasteiger partial charge in [0.2, 0.25) is 5.95 Å². The Kier molecular flexibility index (Phi) is 4.18. The average Bonchev–Trinajstić information content (AvgIpc) is 3.16. The second-order valence-corrected chi connectivity index (χ2v) is 5.79. The average molecular weight is 346 g/mol. The van der Waals surface area contributed by atoms with Crippen molar-refractivity contribution in [3.05, 3.63) is 53.9 Å². The Labute approximate surface area is 151 Å². The van der Waals surface area contributed by atoms with Crippen molar-refractivity contribution < 1.29 is 4.74 Å². The van der Waals surface area contributed by atoms with Crippen LogP contribution in [0.25, 0.3) is 11.3 Å². The number of methoxy groups -OCH3 is 1. The lowest BCUT2D eigenvalue weighted by Gasteiger charge is -2.12. The number of benzene rings is 1. The molecule has 0 spiro atoms. The Hall–Kier alpha value is -3.48. The zero-order chi connectivity index (χ0) is 17.9. The van der Waals surface area contributed by atoms with E-state index >= 15 is 0 Å². The highest BCUT2D eigenvalue weighted by Crippen LogP contribution is 2.33. The SMILES string of the molecule is CNc1ccnc(Nc2ccc(OC)c(-c3cc4c(cn3)C=NC4)c2)n1. The molecule has 26 heavy (non-hydrogen) atoms. The van der Waals surface area contributed by atoms with Gasteiger partial charge in [-0.2, -0.15) is 4.98 Å². The fourth-order valence-electron chi connectivity index (χ4n) is 2.82. The monoisotopic (exact) mass is 346 g/mol. The predicted octanol–water partition coefficient (Wildman–Crippen LogP) is 3.27. The Morgan fingerprint density at radius 3 is 2.88 bits per heavy atom. The van der Waals surface area contributed by atoms with E-state index in [9.17, 15) is 0 Å². The zero-order valence-electron chi connectivity index (χ0n) is 14.5. The number of ether oxygens (including phenoxy) is 1. The number of aliphatic imine (C=N–C) groups is 1. The van der Waals surface area contributed by atoms with E-state index in [1.807, 2.05) is 37.7 Å². The van der Waals surface area contributed by atoms with E-state index in [2.05, 4.69) is 36.6 Å². The van der Waals surface area contributed by atoms with E-state index < -0.39 is 0 Å². The van der Waals surface area contributed by atoms with Crippen molar-refractivity contribution in [3.63, 3.8) is 0 Å². The van der Waals surface area contributed by atoms with Crippen LogP contribution in [0.4, 0.5) is 17.5 Å². The highest BCUT2D eigenvalue weighted by molar-refractivity contribution is 5.85. The van der Waals surface area contributed by atoms with Gasteiger partial charge in [0.25, 0.3) is 0 Å². The summed E-state index contributed by atoms with van der Waals surface area (Å²) in [6.45, 7) is 0.690. The molecule has 0 amide bonds. The molecule has 1 aliphatic rings. The van der Waals surface area contributed by atoms with E-state index in [-0.39, 0.29) is 0 Å². The molecule has 0 saturated carbocycles. The number of pyridine rings is 1. The molecule has 3 heterocycles. The van der Waals surface area contributed by atoms with Crippen molar-refractivity contribution in [2.45, 2.75) is 6.54 Å². The van der Waals surface area contributed by atoms with E-state index in [1.54, 1.807) is 19.4 Å². The number of nitrogens with one attached hydrogen (secondary N) is 2. The fourth-order valence-corrected chi connectivity index (χ4v) is 2.82. The van der Waals surface area contributed by atoms with E-state index in [1.165, 1.54) is 5.56 Å². The summed E-state index contributed by atoms with van der Waals surface area (Å²) in [6, 6.07) is 9.68. The zero-order valence-corrected chi connectivity index (χ0v) is 14.5. The van der Waals surface area contributed by atoms with Gasteiger partial charge < -0.3 is 15.4 Å². The first kappa shape index (κ1) is 16.0. The molecule has 1 aromatic carbocycles. The predicted molar refractivity (Wildman–Crippen MR) is 102 cm³/mol. The minimum Gasteiger partial charge on any atom is -0.496 e. The Morgan fingerprint density at radius 2 is 2.04 bits per heavy atom. The van der Waals surface area contributed by atoms with Crippen molar-refractivity contribution in [2.24, 2.45) is 4.99 Å². The first-order valence-corrected chi connectivity index (χ1v) is 8.22. The highest BCUT2D eigenvalue weighted by atomic mass is 16.5. The molecular weight excluding hydrogens is 328 g/mol. The number of nitrogens with zero attached hydrogens (tertiary/aromatic N) is 4. The number of hydrogen-bond donors (Lipinski definition) is 2. The topological polar surface area (TPSA) is 84.3 Å². The number of fused-ring (bicyclic) bond motifs is 1. The van der Waals surface area contributed by atoms with Gasteiger partial charge in [-0.05, 0) is 35.9 Å². The van der Waals surface area contributed by atoms with Gasteiger partial charge in [0, 0.05) is 42.5 Å². The Balaban J connectivity index is 1.69. The molecule has 0 aliphatic carbocycles. The molecule has 0 unspecified atom stereocenters. The number of rotatable bonds is 5. The van der Waals surface area contributed by atoms with Crippen LogP contribution in [0.5, 0.6) is 5.75 Å². The molecule has 0 atom stereocenters. The summed E-state index contributed by atoms with van der Waals surface area (Å²) in [5.74, 6) is 2.02. The van der Waals surface area contributed by atoms with Crippen molar-refractivity contribution in [2.75, 3.05) is 24.8 Å². The van der Waals surface area contributed by atoms with Gasteiger partial charge in [0.15, 0.2) is 0 Å². The molecule has 7 heteroatoms. The number of aromatic nitrogens is 3. The molecule has 0 saturated heterocycles. The van der Waals surface area contributed by atoms with Crippen LogP contribution in [-0.4, -0.2) is 35.3 Å². The molecule has 2 N–H and O–H groups in total. The molecule has 7 nitrogen and oxygen atoms in total. The molecule has 2 aromatic heterocycles. The molecule has 0 fully saturated rings. The molecule has 0 bridgehead atoms. The van der Waals surface area contributed by atoms with Crippen LogP contribution in [0.15, 0.2) is 47.7 Å². The summed E-state index contributed by atoms with van der Waals surface area (Å²) in [4.78, 5) is 17.5. The third-order valence-corrected chi connectivity index (χ3v) is 4.16.